The van der Waals surface area contributed by atoms with Crippen molar-refractivity contribution in [2.24, 2.45) is 0 Å². The molecule has 74 valence electrons. The minimum absolute atomic E-state index is 0.575. The van der Waals surface area contributed by atoms with Crippen LogP contribution in [-0.4, -0.2) is 9.97 Å². The van der Waals surface area contributed by atoms with Gasteiger partial charge in [0.05, 0.1) is 17.4 Å². The number of benzene rings is 1. The minimum atomic E-state index is 0.575. The fourth-order valence-electron chi connectivity index (χ4n) is 1.89. The molecule has 14 heavy (non-hydrogen) atoms. The van der Waals surface area contributed by atoms with Crippen molar-refractivity contribution >= 4 is 11.0 Å². The molecule has 2 aromatic rings. The Morgan fingerprint density at radius 1 is 1.36 bits per heavy atom. The minimum Gasteiger partial charge on any atom is -0.345 e. The summed E-state index contributed by atoms with van der Waals surface area (Å²) < 4.78 is 0. The van der Waals surface area contributed by atoms with Crippen LogP contribution in [0.4, 0.5) is 0 Å². The molecule has 2 nitrogen and oxygen atoms in total. The number of aryl methyl sites for hydroxylation is 1. The van der Waals surface area contributed by atoms with Gasteiger partial charge < -0.3 is 4.98 Å². The zero-order valence-corrected chi connectivity index (χ0v) is 8.96. The molecule has 0 aliphatic carbocycles. The van der Waals surface area contributed by atoms with E-state index < -0.39 is 0 Å². The van der Waals surface area contributed by atoms with E-state index in [2.05, 4.69) is 42.9 Å². The van der Waals surface area contributed by atoms with E-state index in [1.807, 2.05) is 0 Å². The molecule has 1 aromatic carbocycles. The first-order valence-corrected chi connectivity index (χ1v) is 5.18. The number of hydrogen-bond donors (Lipinski definition) is 1. The Balaban J connectivity index is 2.66. The first-order chi connectivity index (χ1) is 6.72. The second-order valence-electron chi connectivity index (χ2n) is 3.98. The number of fused-ring (bicyclic) bond motifs is 1. The molecule has 2 rings (SSSR count). The van der Waals surface area contributed by atoms with Gasteiger partial charge >= 0.3 is 0 Å². The van der Waals surface area contributed by atoms with Crippen molar-refractivity contribution in [3.8, 4) is 0 Å². The molecule has 0 radical (unpaired) electrons. The molecule has 0 fully saturated rings. The number of hydrogen-bond acceptors (Lipinski definition) is 1. The van der Waals surface area contributed by atoms with Crippen molar-refractivity contribution in [1.29, 1.82) is 0 Å². The van der Waals surface area contributed by atoms with Crippen LogP contribution in [0.25, 0.3) is 11.0 Å². The predicted molar refractivity (Wildman–Crippen MR) is 59.6 cm³/mol. The van der Waals surface area contributed by atoms with Gasteiger partial charge in [0.2, 0.25) is 0 Å². The van der Waals surface area contributed by atoms with Gasteiger partial charge in [0, 0.05) is 0 Å². The Bertz CT molecular complexity index is 441. The summed E-state index contributed by atoms with van der Waals surface area (Å²) in [6.45, 7) is 6.66. The summed E-state index contributed by atoms with van der Waals surface area (Å²) in [5.41, 5.74) is 5.07. The van der Waals surface area contributed by atoms with Crippen LogP contribution >= 0.6 is 0 Å². The highest BCUT2D eigenvalue weighted by atomic mass is 14.9. The van der Waals surface area contributed by atoms with E-state index in [0.717, 1.165) is 17.5 Å². The third-order valence-corrected chi connectivity index (χ3v) is 2.68. The van der Waals surface area contributed by atoms with Gasteiger partial charge in [-0.05, 0) is 35.6 Å². The van der Waals surface area contributed by atoms with Crippen molar-refractivity contribution in [2.45, 2.75) is 33.1 Å². The molecule has 0 atom stereocenters. The fraction of sp³-hybridized carbons (Fsp3) is 0.417. The third-order valence-electron chi connectivity index (χ3n) is 2.68. The molecular formula is C12H16N2. The number of aromatic nitrogens is 2. The summed E-state index contributed by atoms with van der Waals surface area (Å²) in [6, 6.07) is 4.42. The average Bonchev–Trinajstić information content (AvgIpc) is 2.62. The number of rotatable bonds is 2. The van der Waals surface area contributed by atoms with Crippen molar-refractivity contribution in [3.05, 3.63) is 29.6 Å². The number of nitrogens with zero attached hydrogens (tertiary/aromatic N) is 1. The van der Waals surface area contributed by atoms with Crippen LogP contribution in [0.1, 0.15) is 37.8 Å². The van der Waals surface area contributed by atoms with E-state index >= 15 is 0 Å². The molecular weight excluding hydrogens is 172 g/mol. The summed E-state index contributed by atoms with van der Waals surface area (Å²) >= 11 is 0. The van der Waals surface area contributed by atoms with E-state index in [0.29, 0.717) is 5.92 Å². The predicted octanol–water partition coefficient (Wildman–Crippen LogP) is 3.25. The maximum atomic E-state index is 4.28. The van der Waals surface area contributed by atoms with Gasteiger partial charge in [-0.25, -0.2) is 4.98 Å². The molecule has 1 heterocycles. The van der Waals surface area contributed by atoms with Gasteiger partial charge in [-0.2, -0.15) is 0 Å². The number of H-pyrrole nitrogens is 1. The van der Waals surface area contributed by atoms with Gasteiger partial charge in [0.15, 0.2) is 0 Å². The van der Waals surface area contributed by atoms with Gasteiger partial charge in [-0.3, -0.25) is 0 Å². The zero-order chi connectivity index (χ0) is 10.1. The molecule has 0 saturated carbocycles. The Kier molecular flexibility index (Phi) is 2.28. The van der Waals surface area contributed by atoms with E-state index in [1.165, 1.54) is 11.1 Å². The van der Waals surface area contributed by atoms with Crippen molar-refractivity contribution < 1.29 is 0 Å². The lowest BCUT2D eigenvalue weighted by Crippen LogP contribution is -1.95. The summed E-state index contributed by atoms with van der Waals surface area (Å²) in [5, 5.41) is 0. The number of imidazole rings is 1. The lowest BCUT2D eigenvalue weighted by atomic mass is 9.95. The van der Waals surface area contributed by atoms with Gasteiger partial charge in [-0.1, -0.05) is 20.8 Å². The van der Waals surface area contributed by atoms with E-state index in [9.17, 15) is 0 Å². The number of nitrogens with one attached hydrogen (secondary N) is 1. The SMILES string of the molecule is CCc1cc2[nH]cnc2cc1C(C)C. The van der Waals surface area contributed by atoms with Crippen LogP contribution in [0.3, 0.4) is 0 Å². The van der Waals surface area contributed by atoms with Crippen LogP contribution in [0.5, 0.6) is 0 Å². The van der Waals surface area contributed by atoms with Crippen LogP contribution in [0.15, 0.2) is 18.5 Å². The monoisotopic (exact) mass is 188 g/mol. The summed E-state index contributed by atoms with van der Waals surface area (Å²) in [4.78, 5) is 7.43. The van der Waals surface area contributed by atoms with Crippen LogP contribution in [0, 0.1) is 0 Å². The summed E-state index contributed by atoms with van der Waals surface area (Å²) in [6.07, 6.45) is 2.84. The normalized spacial score (nSPS) is 11.4. The van der Waals surface area contributed by atoms with Gasteiger partial charge in [0.1, 0.15) is 0 Å². The lowest BCUT2D eigenvalue weighted by molar-refractivity contribution is 0.846. The van der Waals surface area contributed by atoms with E-state index in [4.69, 9.17) is 0 Å². The molecule has 0 amide bonds. The van der Waals surface area contributed by atoms with Crippen molar-refractivity contribution in [3.63, 3.8) is 0 Å². The number of aromatic amines is 1. The quantitative estimate of drug-likeness (QED) is 0.770. The molecule has 0 saturated heterocycles. The third kappa shape index (κ3) is 1.41. The van der Waals surface area contributed by atoms with Crippen LogP contribution in [0.2, 0.25) is 0 Å². The van der Waals surface area contributed by atoms with Crippen molar-refractivity contribution in [2.75, 3.05) is 0 Å². The topological polar surface area (TPSA) is 28.7 Å². The Hall–Kier alpha value is -1.31. The highest BCUT2D eigenvalue weighted by molar-refractivity contribution is 5.76. The maximum absolute atomic E-state index is 4.28. The summed E-state index contributed by atoms with van der Waals surface area (Å²) in [7, 11) is 0. The van der Waals surface area contributed by atoms with Crippen LogP contribution < -0.4 is 0 Å². The standard InChI is InChI=1S/C12H16N2/c1-4-9-5-11-12(14-7-13-11)6-10(9)8(2)3/h5-8H,4H2,1-3H3,(H,13,14). The highest BCUT2D eigenvalue weighted by Gasteiger charge is 2.07. The molecule has 1 aromatic heterocycles. The summed E-state index contributed by atoms with van der Waals surface area (Å²) in [5.74, 6) is 0.575. The Morgan fingerprint density at radius 2 is 2.14 bits per heavy atom. The maximum Gasteiger partial charge on any atom is 0.0931 e. The van der Waals surface area contributed by atoms with E-state index in [1.54, 1.807) is 6.33 Å². The first-order valence-electron chi connectivity index (χ1n) is 5.18. The van der Waals surface area contributed by atoms with Gasteiger partial charge in [-0.15, -0.1) is 0 Å². The average molecular weight is 188 g/mol. The molecule has 0 unspecified atom stereocenters. The van der Waals surface area contributed by atoms with Crippen LogP contribution in [-0.2, 0) is 6.42 Å². The molecule has 0 aliphatic rings. The molecule has 2 heteroatoms. The first kappa shape index (κ1) is 9.25. The van der Waals surface area contributed by atoms with E-state index in [-0.39, 0.29) is 0 Å². The smallest absolute Gasteiger partial charge is 0.0931 e. The second-order valence-corrected chi connectivity index (χ2v) is 3.98. The Labute approximate surface area is 84.4 Å². The molecule has 1 N–H and O–H groups in total. The molecule has 0 bridgehead atoms. The molecule has 0 spiro atoms. The molecule has 0 aliphatic heterocycles. The second kappa shape index (κ2) is 3.45. The highest BCUT2D eigenvalue weighted by Crippen LogP contribution is 2.24. The zero-order valence-electron chi connectivity index (χ0n) is 8.96. The largest absolute Gasteiger partial charge is 0.345 e. The lowest BCUT2D eigenvalue weighted by Gasteiger charge is -2.11. The van der Waals surface area contributed by atoms with Gasteiger partial charge in [0.25, 0.3) is 0 Å². The van der Waals surface area contributed by atoms with Crippen molar-refractivity contribution in [1.82, 2.24) is 9.97 Å². The fourth-order valence-corrected chi connectivity index (χ4v) is 1.89. The Morgan fingerprint density at radius 3 is 2.79 bits per heavy atom.